The van der Waals surface area contributed by atoms with Crippen LogP contribution in [0.1, 0.15) is 44.1 Å². The smallest absolute Gasteiger partial charge is 0.224 e. The van der Waals surface area contributed by atoms with Gasteiger partial charge in [0.25, 0.3) is 0 Å². The summed E-state index contributed by atoms with van der Waals surface area (Å²) < 4.78 is 6.11. The summed E-state index contributed by atoms with van der Waals surface area (Å²) in [4.78, 5) is 8.94. The molecule has 0 bridgehead atoms. The minimum atomic E-state index is 0.326. The Hall–Kier alpha value is -1.58. The molecule has 3 rings (SSSR count). The second-order valence-corrected chi connectivity index (χ2v) is 5.24. The molecule has 4 nitrogen and oxygen atoms in total. The summed E-state index contributed by atoms with van der Waals surface area (Å²) in [5.74, 6) is 1.67. The van der Waals surface area contributed by atoms with Crippen LogP contribution in [-0.2, 0) is 0 Å². The predicted octanol–water partition coefficient (Wildman–Crippen LogP) is 2.53. The van der Waals surface area contributed by atoms with Crippen LogP contribution in [0, 0.1) is 0 Å². The van der Waals surface area contributed by atoms with E-state index in [0.29, 0.717) is 6.10 Å². The largest absolute Gasteiger partial charge is 0.474 e. The summed E-state index contributed by atoms with van der Waals surface area (Å²) in [6, 6.07) is 3.99. The van der Waals surface area contributed by atoms with Crippen molar-refractivity contribution < 1.29 is 4.74 Å². The van der Waals surface area contributed by atoms with E-state index in [1.165, 1.54) is 19.3 Å². The first-order chi connectivity index (χ1) is 9.43. The lowest BCUT2D eigenvalue weighted by Gasteiger charge is -2.24. The van der Waals surface area contributed by atoms with Gasteiger partial charge in [0.15, 0.2) is 0 Å². The van der Waals surface area contributed by atoms with Crippen molar-refractivity contribution in [2.24, 2.45) is 4.99 Å². The van der Waals surface area contributed by atoms with E-state index >= 15 is 0 Å². The number of aliphatic imine (C=N–C) groups is 1. The zero-order chi connectivity index (χ0) is 12.9. The van der Waals surface area contributed by atoms with Crippen molar-refractivity contribution >= 4 is 5.84 Å². The number of amidine groups is 1. The molecule has 4 heteroatoms. The first-order valence-corrected chi connectivity index (χ1v) is 7.34. The fraction of sp³-hybridized carbons (Fsp3) is 0.600. The minimum absolute atomic E-state index is 0.326. The molecule has 1 aromatic heterocycles. The third-order valence-electron chi connectivity index (χ3n) is 3.75. The second kappa shape index (κ2) is 6.04. The molecule has 2 heterocycles. The van der Waals surface area contributed by atoms with Crippen molar-refractivity contribution in [1.29, 1.82) is 0 Å². The van der Waals surface area contributed by atoms with Crippen molar-refractivity contribution in [1.82, 2.24) is 10.3 Å². The molecule has 0 atom stereocenters. The van der Waals surface area contributed by atoms with Gasteiger partial charge in [0.1, 0.15) is 11.9 Å². The molecule has 102 valence electrons. The summed E-state index contributed by atoms with van der Waals surface area (Å²) in [7, 11) is 0. The highest BCUT2D eigenvalue weighted by Gasteiger charge is 2.19. The molecule has 19 heavy (non-hydrogen) atoms. The van der Waals surface area contributed by atoms with Gasteiger partial charge in [-0.15, -0.1) is 0 Å². The Labute approximate surface area is 114 Å². The maximum atomic E-state index is 6.11. The van der Waals surface area contributed by atoms with Crippen LogP contribution in [0.3, 0.4) is 0 Å². The van der Waals surface area contributed by atoms with Crippen molar-refractivity contribution in [3.05, 3.63) is 23.9 Å². The fourth-order valence-corrected chi connectivity index (χ4v) is 2.72. The van der Waals surface area contributed by atoms with Crippen LogP contribution in [-0.4, -0.2) is 30.0 Å². The topological polar surface area (TPSA) is 46.5 Å². The van der Waals surface area contributed by atoms with E-state index in [1.807, 2.05) is 12.1 Å². The molecule has 1 aliphatic heterocycles. The fourth-order valence-electron chi connectivity index (χ4n) is 2.72. The molecule has 0 spiro atoms. The SMILES string of the molecule is c1cnc(OC2CCCCC2)c(C2=NCCCN2)c1. The summed E-state index contributed by atoms with van der Waals surface area (Å²) in [6.07, 6.45) is 9.40. The van der Waals surface area contributed by atoms with Crippen LogP contribution in [0.5, 0.6) is 5.88 Å². The number of rotatable bonds is 3. The number of nitrogens with zero attached hydrogens (tertiary/aromatic N) is 2. The minimum Gasteiger partial charge on any atom is -0.474 e. The lowest BCUT2D eigenvalue weighted by atomic mass is 9.98. The van der Waals surface area contributed by atoms with Crippen LogP contribution in [0.2, 0.25) is 0 Å². The maximum Gasteiger partial charge on any atom is 0.224 e. The van der Waals surface area contributed by atoms with Gasteiger partial charge in [-0.25, -0.2) is 4.98 Å². The Morgan fingerprint density at radius 2 is 2.05 bits per heavy atom. The van der Waals surface area contributed by atoms with Gasteiger partial charge >= 0.3 is 0 Å². The van der Waals surface area contributed by atoms with E-state index in [4.69, 9.17) is 4.74 Å². The molecule has 1 fully saturated rings. The first kappa shape index (κ1) is 12.5. The highest BCUT2D eigenvalue weighted by molar-refractivity contribution is 6.00. The van der Waals surface area contributed by atoms with E-state index in [-0.39, 0.29) is 0 Å². The molecule has 1 N–H and O–H groups in total. The van der Waals surface area contributed by atoms with Crippen LogP contribution in [0.15, 0.2) is 23.3 Å². The van der Waals surface area contributed by atoms with Gasteiger partial charge in [-0.2, -0.15) is 0 Å². The molecule has 0 amide bonds. The number of pyridine rings is 1. The van der Waals surface area contributed by atoms with Gasteiger partial charge in [-0.05, 0) is 44.2 Å². The molecule has 0 unspecified atom stereocenters. The van der Waals surface area contributed by atoms with Crippen molar-refractivity contribution in [3.63, 3.8) is 0 Å². The van der Waals surface area contributed by atoms with E-state index in [2.05, 4.69) is 15.3 Å². The number of ether oxygens (including phenoxy) is 1. The van der Waals surface area contributed by atoms with Crippen LogP contribution < -0.4 is 10.1 Å². The Morgan fingerprint density at radius 3 is 2.84 bits per heavy atom. The molecular weight excluding hydrogens is 238 g/mol. The van der Waals surface area contributed by atoms with Crippen LogP contribution in [0.4, 0.5) is 0 Å². The highest BCUT2D eigenvalue weighted by atomic mass is 16.5. The molecule has 1 saturated carbocycles. The van der Waals surface area contributed by atoms with Crippen molar-refractivity contribution in [2.45, 2.75) is 44.6 Å². The standard InChI is InChI=1S/C15H21N3O/c1-2-6-12(7-3-1)19-15-13(8-4-9-18-15)14-16-10-5-11-17-14/h4,8-9,12H,1-3,5-7,10-11H2,(H,16,17). The van der Waals surface area contributed by atoms with Gasteiger partial charge in [-0.3, -0.25) is 4.99 Å². The number of hydrogen-bond acceptors (Lipinski definition) is 4. The second-order valence-electron chi connectivity index (χ2n) is 5.24. The third kappa shape index (κ3) is 3.06. The summed E-state index contributed by atoms with van der Waals surface area (Å²) in [5, 5.41) is 3.34. The number of aromatic nitrogens is 1. The predicted molar refractivity (Wildman–Crippen MR) is 75.8 cm³/mol. The summed E-state index contributed by atoms with van der Waals surface area (Å²) in [6.45, 7) is 1.87. The number of hydrogen-bond donors (Lipinski definition) is 1. The van der Waals surface area contributed by atoms with Crippen LogP contribution in [0.25, 0.3) is 0 Å². The Kier molecular flexibility index (Phi) is 3.96. The molecule has 0 saturated heterocycles. The molecule has 1 aromatic rings. The van der Waals surface area contributed by atoms with Crippen molar-refractivity contribution in [2.75, 3.05) is 13.1 Å². The zero-order valence-corrected chi connectivity index (χ0v) is 11.3. The van der Waals surface area contributed by atoms with E-state index in [9.17, 15) is 0 Å². The Morgan fingerprint density at radius 1 is 1.16 bits per heavy atom. The Balaban J connectivity index is 1.78. The molecule has 0 aromatic carbocycles. The van der Waals surface area contributed by atoms with Crippen molar-refractivity contribution in [3.8, 4) is 5.88 Å². The van der Waals surface area contributed by atoms with E-state index in [1.54, 1.807) is 6.20 Å². The lowest BCUT2D eigenvalue weighted by Crippen LogP contribution is -2.31. The van der Waals surface area contributed by atoms with Gasteiger partial charge in [0.2, 0.25) is 5.88 Å². The number of nitrogens with one attached hydrogen (secondary N) is 1. The van der Waals surface area contributed by atoms with Gasteiger partial charge < -0.3 is 10.1 Å². The lowest BCUT2D eigenvalue weighted by molar-refractivity contribution is 0.148. The quantitative estimate of drug-likeness (QED) is 0.907. The Bertz CT molecular complexity index is 452. The summed E-state index contributed by atoms with van der Waals surface area (Å²) >= 11 is 0. The van der Waals surface area contributed by atoms with Crippen LogP contribution >= 0.6 is 0 Å². The monoisotopic (exact) mass is 259 g/mol. The molecule has 0 radical (unpaired) electrons. The average molecular weight is 259 g/mol. The molecule has 2 aliphatic rings. The normalized spacial score (nSPS) is 20.5. The zero-order valence-electron chi connectivity index (χ0n) is 11.3. The van der Waals surface area contributed by atoms with E-state index < -0.39 is 0 Å². The van der Waals surface area contributed by atoms with E-state index in [0.717, 1.165) is 49.6 Å². The average Bonchev–Trinajstić information content (AvgIpc) is 2.50. The van der Waals surface area contributed by atoms with Gasteiger partial charge in [0.05, 0.1) is 5.56 Å². The highest BCUT2D eigenvalue weighted by Crippen LogP contribution is 2.24. The molecule has 1 aliphatic carbocycles. The maximum absolute atomic E-state index is 6.11. The summed E-state index contributed by atoms with van der Waals surface area (Å²) in [5.41, 5.74) is 1.01. The van der Waals surface area contributed by atoms with Gasteiger partial charge in [0, 0.05) is 19.3 Å². The first-order valence-electron chi connectivity index (χ1n) is 7.34. The third-order valence-corrected chi connectivity index (χ3v) is 3.75. The van der Waals surface area contributed by atoms with Gasteiger partial charge in [-0.1, -0.05) is 6.42 Å². The molecular formula is C15H21N3O.